The van der Waals surface area contributed by atoms with E-state index in [0.29, 0.717) is 0 Å². The van der Waals surface area contributed by atoms with Crippen molar-refractivity contribution in [2.75, 3.05) is 13.1 Å². The van der Waals surface area contributed by atoms with Crippen molar-refractivity contribution in [3.63, 3.8) is 0 Å². The molecule has 0 aromatic heterocycles. The molecular weight excluding hydrogens is 309 g/mol. The highest BCUT2D eigenvalue weighted by atomic mass is 35.5. The lowest BCUT2D eigenvalue weighted by atomic mass is 10.1. The molecule has 118 valence electrons. The number of hydrogen-bond acceptors (Lipinski definition) is 3. The van der Waals surface area contributed by atoms with E-state index in [1.807, 2.05) is 0 Å². The Labute approximate surface area is 126 Å². The number of halogens is 4. The normalized spacial score (nSPS) is 16.0. The predicted molar refractivity (Wildman–Crippen MR) is 73.7 cm³/mol. The van der Waals surface area contributed by atoms with Crippen LogP contribution in [-0.2, 0) is 0 Å². The van der Waals surface area contributed by atoms with Crippen molar-refractivity contribution in [1.29, 1.82) is 0 Å². The van der Waals surface area contributed by atoms with Crippen molar-refractivity contribution in [3.8, 4) is 5.75 Å². The van der Waals surface area contributed by atoms with Gasteiger partial charge in [-0.1, -0.05) is 6.07 Å². The standard InChI is InChI=1S/C13H15F3N2O2.ClH/c14-13(15,16)20-11-3-1-2-9(8-11)12(19)18-10-4-6-17-7-5-10;/h1-3,8,10,17H,4-7H2,(H,18,19);1H. The monoisotopic (exact) mass is 324 g/mol. The second-order valence-corrected chi connectivity index (χ2v) is 4.57. The van der Waals surface area contributed by atoms with Crippen LogP contribution >= 0.6 is 12.4 Å². The van der Waals surface area contributed by atoms with E-state index in [9.17, 15) is 18.0 Å². The van der Waals surface area contributed by atoms with E-state index in [-0.39, 0.29) is 29.9 Å². The number of ether oxygens (including phenoxy) is 1. The molecule has 1 amide bonds. The van der Waals surface area contributed by atoms with Gasteiger partial charge in [-0.3, -0.25) is 4.79 Å². The van der Waals surface area contributed by atoms with Crippen molar-refractivity contribution < 1.29 is 22.7 Å². The molecule has 0 radical (unpaired) electrons. The maximum atomic E-state index is 12.1. The van der Waals surface area contributed by atoms with E-state index in [0.717, 1.165) is 38.1 Å². The zero-order chi connectivity index (χ0) is 14.6. The third-order valence-corrected chi connectivity index (χ3v) is 3.00. The Hall–Kier alpha value is -1.47. The molecule has 1 aromatic carbocycles. The number of nitrogens with one attached hydrogen (secondary N) is 2. The lowest BCUT2D eigenvalue weighted by molar-refractivity contribution is -0.274. The fourth-order valence-electron chi connectivity index (χ4n) is 2.07. The average Bonchev–Trinajstić information content (AvgIpc) is 2.38. The van der Waals surface area contributed by atoms with Gasteiger partial charge in [-0.25, -0.2) is 0 Å². The first-order valence-corrected chi connectivity index (χ1v) is 6.31. The summed E-state index contributed by atoms with van der Waals surface area (Å²) in [6, 6.07) is 5.12. The van der Waals surface area contributed by atoms with E-state index in [4.69, 9.17) is 0 Å². The van der Waals surface area contributed by atoms with E-state index >= 15 is 0 Å². The first-order valence-electron chi connectivity index (χ1n) is 6.31. The largest absolute Gasteiger partial charge is 0.573 e. The number of carbonyl (C=O) groups is 1. The summed E-state index contributed by atoms with van der Waals surface area (Å²) in [5, 5.41) is 5.98. The molecule has 1 heterocycles. The van der Waals surface area contributed by atoms with Crippen LogP contribution in [0.1, 0.15) is 23.2 Å². The summed E-state index contributed by atoms with van der Waals surface area (Å²) < 4.78 is 40.1. The Kier molecular flexibility index (Phi) is 6.29. The first-order chi connectivity index (χ1) is 9.44. The van der Waals surface area contributed by atoms with Gasteiger partial charge in [0.25, 0.3) is 5.91 Å². The molecule has 8 heteroatoms. The summed E-state index contributed by atoms with van der Waals surface area (Å²) in [6.45, 7) is 1.64. The summed E-state index contributed by atoms with van der Waals surface area (Å²) in [6.07, 6.45) is -3.14. The van der Waals surface area contributed by atoms with Crippen LogP contribution in [0.2, 0.25) is 0 Å². The molecule has 0 spiro atoms. The molecule has 0 saturated carbocycles. The van der Waals surface area contributed by atoms with Gasteiger partial charge in [0.05, 0.1) is 0 Å². The summed E-state index contributed by atoms with van der Waals surface area (Å²) in [4.78, 5) is 12.0. The number of amides is 1. The Bertz CT molecular complexity index is 477. The average molecular weight is 325 g/mol. The van der Waals surface area contributed by atoms with Crippen LogP contribution in [0.4, 0.5) is 13.2 Å². The van der Waals surface area contributed by atoms with Crippen LogP contribution in [0.3, 0.4) is 0 Å². The van der Waals surface area contributed by atoms with Crippen LogP contribution in [0.15, 0.2) is 24.3 Å². The second-order valence-electron chi connectivity index (χ2n) is 4.57. The topological polar surface area (TPSA) is 50.4 Å². The molecule has 1 aliphatic heterocycles. The minimum atomic E-state index is -4.76. The zero-order valence-corrected chi connectivity index (χ0v) is 11.9. The lowest BCUT2D eigenvalue weighted by Crippen LogP contribution is -2.42. The van der Waals surface area contributed by atoms with Gasteiger partial charge in [0.2, 0.25) is 0 Å². The number of rotatable bonds is 3. The van der Waals surface area contributed by atoms with E-state index in [1.54, 1.807) is 0 Å². The van der Waals surface area contributed by atoms with Gasteiger partial charge in [0.15, 0.2) is 0 Å². The Morgan fingerprint density at radius 3 is 2.57 bits per heavy atom. The summed E-state index contributed by atoms with van der Waals surface area (Å²) in [5.41, 5.74) is 0.158. The van der Waals surface area contributed by atoms with Crippen LogP contribution in [0.5, 0.6) is 5.75 Å². The van der Waals surface area contributed by atoms with E-state index < -0.39 is 12.1 Å². The molecule has 4 nitrogen and oxygen atoms in total. The highest BCUT2D eigenvalue weighted by molar-refractivity contribution is 5.94. The molecule has 1 aliphatic rings. The van der Waals surface area contributed by atoms with Gasteiger partial charge in [-0.2, -0.15) is 0 Å². The Balaban J connectivity index is 0.00000220. The molecule has 0 unspecified atom stereocenters. The molecule has 0 bridgehead atoms. The number of benzene rings is 1. The van der Waals surface area contributed by atoms with Crippen molar-refractivity contribution >= 4 is 18.3 Å². The molecule has 1 saturated heterocycles. The number of piperidine rings is 1. The fraction of sp³-hybridized carbons (Fsp3) is 0.462. The van der Waals surface area contributed by atoms with Crippen LogP contribution < -0.4 is 15.4 Å². The third kappa shape index (κ3) is 5.81. The highest BCUT2D eigenvalue weighted by Gasteiger charge is 2.31. The van der Waals surface area contributed by atoms with Gasteiger partial charge < -0.3 is 15.4 Å². The van der Waals surface area contributed by atoms with Crippen molar-refractivity contribution in [1.82, 2.24) is 10.6 Å². The predicted octanol–water partition coefficient (Wildman–Crippen LogP) is 2.49. The van der Waals surface area contributed by atoms with Crippen molar-refractivity contribution in [2.45, 2.75) is 25.2 Å². The SMILES string of the molecule is Cl.O=C(NC1CCNCC1)c1cccc(OC(F)(F)F)c1. The third-order valence-electron chi connectivity index (χ3n) is 3.00. The van der Waals surface area contributed by atoms with Gasteiger partial charge in [0, 0.05) is 11.6 Å². The smallest absolute Gasteiger partial charge is 0.406 e. The van der Waals surface area contributed by atoms with Crippen molar-refractivity contribution in [2.24, 2.45) is 0 Å². The molecule has 0 atom stereocenters. The highest BCUT2D eigenvalue weighted by Crippen LogP contribution is 2.23. The van der Waals surface area contributed by atoms with Gasteiger partial charge in [-0.05, 0) is 44.1 Å². The maximum absolute atomic E-state index is 12.1. The minimum absolute atomic E-state index is 0. The molecule has 2 N–H and O–H groups in total. The molecule has 0 aliphatic carbocycles. The van der Waals surface area contributed by atoms with Gasteiger partial charge >= 0.3 is 6.36 Å². The van der Waals surface area contributed by atoms with Crippen LogP contribution in [0, 0.1) is 0 Å². The van der Waals surface area contributed by atoms with Crippen molar-refractivity contribution in [3.05, 3.63) is 29.8 Å². The first kappa shape index (κ1) is 17.6. The van der Waals surface area contributed by atoms with E-state index in [1.165, 1.54) is 12.1 Å². The molecule has 2 rings (SSSR count). The van der Waals surface area contributed by atoms with Crippen LogP contribution in [0.25, 0.3) is 0 Å². The number of alkyl halides is 3. The molecule has 1 fully saturated rings. The minimum Gasteiger partial charge on any atom is -0.406 e. The lowest BCUT2D eigenvalue weighted by Gasteiger charge is -2.23. The second kappa shape index (κ2) is 7.51. The van der Waals surface area contributed by atoms with E-state index in [2.05, 4.69) is 15.4 Å². The summed E-state index contributed by atoms with van der Waals surface area (Å²) >= 11 is 0. The van der Waals surface area contributed by atoms with Crippen LogP contribution in [-0.4, -0.2) is 31.4 Å². The maximum Gasteiger partial charge on any atom is 0.573 e. The Morgan fingerprint density at radius 2 is 1.95 bits per heavy atom. The number of carbonyl (C=O) groups excluding carboxylic acids is 1. The Morgan fingerprint density at radius 1 is 1.29 bits per heavy atom. The molecular formula is C13H16ClF3N2O2. The van der Waals surface area contributed by atoms with Gasteiger partial charge in [-0.15, -0.1) is 25.6 Å². The zero-order valence-electron chi connectivity index (χ0n) is 11.1. The number of hydrogen-bond donors (Lipinski definition) is 2. The molecule has 1 aromatic rings. The quantitative estimate of drug-likeness (QED) is 0.898. The molecule has 21 heavy (non-hydrogen) atoms. The van der Waals surface area contributed by atoms with Gasteiger partial charge in [0.1, 0.15) is 5.75 Å². The summed E-state index contributed by atoms with van der Waals surface area (Å²) in [7, 11) is 0. The summed E-state index contributed by atoms with van der Waals surface area (Å²) in [5.74, 6) is -0.778. The fourth-order valence-corrected chi connectivity index (χ4v) is 2.07.